The molecule has 0 amide bonds. The van der Waals surface area contributed by atoms with E-state index >= 15 is 0 Å². The summed E-state index contributed by atoms with van der Waals surface area (Å²) in [5, 5.41) is 0. The fraction of sp³-hybridized carbons (Fsp3) is 0.500. The normalized spacial score (nSPS) is 18.9. The number of hydrogen-bond donors (Lipinski definition) is 0. The largest absolute Gasteiger partial charge is 0.497 e. The fourth-order valence-electron chi connectivity index (χ4n) is 4.35. The quantitative estimate of drug-likeness (QED) is 0.531. The van der Waals surface area contributed by atoms with Gasteiger partial charge in [0, 0.05) is 25.7 Å². The Morgan fingerprint density at radius 2 is 1.48 bits per heavy atom. The topological polar surface area (TPSA) is 84.0 Å². The minimum absolute atomic E-state index is 0.112. The van der Waals surface area contributed by atoms with Crippen LogP contribution < -0.4 is 4.74 Å². The number of sulfonamides is 2. The molecule has 0 bridgehead atoms. The Balaban J connectivity index is 1.60. The van der Waals surface area contributed by atoms with Gasteiger partial charge in [-0.05, 0) is 80.5 Å². The number of hydrogen-bond acceptors (Lipinski definition) is 5. The third-order valence-electron chi connectivity index (χ3n) is 6.64. The maximum absolute atomic E-state index is 13.6. The summed E-state index contributed by atoms with van der Waals surface area (Å²) in [4.78, 5) is 0.251. The summed E-state index contributed by atoms with van der Waals surface area (Å²) in [5.41, 5.74) is 0.871. The van der Waals surface area contributed by atoms with Crippen molar-refractivity contribution in [2.24, 2.45) is 5.92 Å². The van der Waals surface area contributed by atoms with Crippen molar-refractivity contribution in [2.75, 3.05) is 20.2 Å². The van der Waals surface area contributed by atoms with Crippen LogP contribution in [0, 0.1) is 5.92 Å². The molecule has 0 N–H and O–H groups in total. The number of methoxy groups -OCH3 is 1. The Morgan fingerprint density at radius 3 is 2.03 bits per heavy atom. The lowest BCUT2D eigenvalue weighted by molar-refractivity contribution is 0.303. The van der Waals surface area contributed by atoms with Crippen LogP contribution in [0.15, 0.2) is 58.3 Å². The number of nitrogens with zero attached hydrogens (tertiary/aromatic N) is 2. The van der Waals surface area contributed by atoms with Crippen molar-refractivity contribution < 1.29 is 21.6 Å². The van der Waals surface area contributed by atoms with E-state index in [1.807, 2.05) is 31.2 Å². The second-order valence-electron chi connectivity index (χ2n) is 8.91. The van der Waals surface area contributed by atoms with Gasteiger partial charge < -0.3 is 4.74 Å². The highest BCUT2D eigenvalue weighted by Crippen LogP contribution is 2.38. The van der Waals surface area contributed by atoms with E-state index in [0.717, 1.165) is 37.7 Å². The molecule has 1 heterocycles. The van der Waals surface area contributed by atoms with Gasteiger partial charge in [0.1, 0.15) is 5.75 Å². The van der Waals surface area contributed by atoms with Crippen LogP contribution in [0.5, 0.6) is 5.75 Å². The van der Waals surface area contributed by atoms with Crippen molar-refractivity contribution >= 4 is 20.0 Å². The number of piperidine rings is 1. The first-order valence-corrected chi connectivity index (χ1v) is 14.4. The maximum atomic E-state index is 13.6. The van der Waals surface area contributed by atoms with Gasteiger partial charge in [0.25, 0.3) is 0 Å². The summed E-state index contributed by atoms with van der Waals surface area (Å²) in [6.07, 6.45) is 4.77. The van der Waals surface area contributed by atoms with Crippen LogP contribution in [0.4, 0.5) is 0 Å². The predicted octanol–water partition coefficient (Wildman–Crippen LogP) is 3.86. The number of rotatable bonds is 9. The summed E-state index contributed by atoms with van der Waals surface area (Å²) in [7, 11) is -5.83. The molecule has 1 unspecified atom stereocenters. The number of benzene rings is 2. The van der Waals surface area contributed by atoms with Gasteiger partial charge in [-0.25, -0.2) is 16.8 Å². The SMILES string of the molecule is COc1ccc(CN(C(C)C2CC2)S(=O)(=O)c2ccc(S(=O)(=O)N3CCCCC3)cc2)cc1. The van der Waals surface area contributed by atoms with Crippen molar-refractivity contribution in [1.82, 2.24) is 8.61 Å². The third kappa shape index (κ3) is 5.26. The zero-order valence-corrected chi connectivity index (χ0v) is 20.8. The molecule has 1 aliphatic heterocycles. The lowest BCUT2D eigenvalue weighted by Gasteiger charge is -2.29. The van der Waals surface area contributed by atoms with Crippen LogP contribution in [0.1, 0.15) is 44.6 Å². The summed E-state index contributed by atoms with van der Waals surface area (Å²) in [6, 6.07) is 12.9. The van der Waals surface area contributed by atoms with Gasteiger partial charge >= 0.3 is 0 Å². The minimum Gasteiger partial charge on any atom is -0.497 e. The first-order chi connectivity index (χ1) is 15.7. The molecule has 1 atom stereocenters. The molecule has 1 aliphatic carbocycles. The molecule has 1 saturated heterocycles. The average Bonchev–Trinajstić information content (AvgIpc) is 3.69. The predicted molar refractivity (Wildman–Crippen MR) is 127 cm³/mol. The second kappa shape index (κ2) is 9.74. The maximum Gasteiger partial charge on any atom is 0.243 e. The average molecular weight is 493 g/mol. The molecule has 0 aromatic heterocycles. The van der Waals surface area contributed by atoms with Gasteiger partial charge in [0.05, 0.1) is 16.9 Å². The van der Waals surface area contributed by atoms with E-state index in [4.69, 9.17) is 4.74 Å². The van der Waals surface area contributed by atoms with E-state index in [0.29, 0.717) is 24.8 Å². The molecule has 2 aliphatic rings. The zero-order chi connectivity index (χ0) is 23.6. The summed E-state index contributed by atoms with van der Waals surface area (Å²) >= 11 is 0. The van der Waals surface area contributed by atoms with Gasteiger partial charge in [-0.3, -0.25) is 0 Å². The monoisotopic (exact) mass is 492 g/mol. The first-order valence-electron chi connectivity index (χ1n) is 11.5. The van der Waals surface area contributed by atoms with Crippen molar-refractivity contribution in [1.29, 1.82) is 0 Å². The van der Waals surface area contributed by atoms with Crippen LogP contribution in [0.3, 0.4) is 0 Å². The van der Waals surface area contributed by atoms with Crippen molar-refractivity contribution in [2.45, 2.75) is 61.4 Å². The molecule has 0 radical (unpaired) electrons. The van der Waals surface area contributed by atoms with Gasteiger partial charge in [-0.1, -0.05) is 18.6 Å². The van der Waals surface area contributed by atoms with Gasteiger partial charge in [-0.2, -0.15) is 8.61 Å². The molecule has 2 fully saturated rings. The smallest absolute Gasteiger partial charge is 0.243 e. The summed E-state index contributed by atoms with van der Waals surface area (Å²) in [5.74, 6) is 1.06. The highest BCUT2D eigenvalue weighted by Gasteiger charge is 2.38. The van der Waals surface area contributed by atoms with E-state index in [1.165, 1.54) is 28.6 Å². The van der Waals surface area contributed by atoms with E-state index in [2.05, 4.69) is 0 Å². The molecule has 180 valence electrons. The molecular formula is C24H32N2O5S2. The summed E-state index contributed by atoms with van der Waals surface area (Å²) in [6.45, 7) is 3.22. The van der Waals surface area contributed by atoms with E-state index in [9.17, 15) is 16.8 Å². The Labute approximate surface area is 197 Å². The van der Waals surface area contributed by atoms with Crippen LogP contribution in [0.2, 0.25) is 0 Å². The van der Waals surface area contributed by atoms with Crippen LogP contribution in [0.25, 0.3) is 0 Å². The third-order valence-corrected chi connectivity index (χ3v) is 10.5. The molecule has 7 nitrogen and oxygen atoms in total. The zero-order valence-electron chi connectivity index (χ0n) is 19.2. The van der Waals surface area contributed by atoms with Crippen LogP contribution >= 0.6 is 0 Å². The van der Waals surface area contributed by atoms with Crippen LogP contribution in [-0.4, -0.2) is 51.7 Å². The van der Waals surface area contributed by atoms with E-state index in [1.54, 1.807) is 11.4 Å². The standard InChI is InChI=1S/C24H32N2O5S2/c1-19(21-8-9-21)26(18-20-6-10-22(31-2)11-7-20)33(29,30)24-14-12-23(13-15-24)32(27,28)25-16-4-3-5-17-25/h6-7,10-15,19,21H,3-5,8-9,16-18H2,1-2H3. The second-order valence-corrected chi connectivity index (χ2v) is 12.7. The highest BCUT2D eigenvalue weighted by molar-refractivity contribution is 7.89. The van der Waals surface area contributed by atoms with Gasteiger partial charge in [-0.15, -0.1) is 0 Å². The van der Waals surface area contributed by atoms with Gasteiger partial charge in [0.2, 0.25) is 20.0 Å². The highest BCUT2D eigenvalue weighted by atomic mass is 32.2. The van der Waals surface area contributed by atoms with Gasteiger partial charge in [0.15, 0.2) is 0 Å². The molecule has 33 heavy (non-hydrogen) atoms. The summed E-state index contributed by atoms with van der Waals surface area (Å²) < 4.78 is 61.4. The molecule has 2 aromatic rings. The lowest BCUT2D eigenvalue weighted by atomic mass is 10.1. The van der Waals surface area contributed by atoms with E-state index < -0.39 is 20.0 Å². The van der Waals surface area contributed by atoms with Crippen molar-refractivity contribution in [3.63, 3.8) is 0 Å². The molecule has 4 rings (SSSR count). The Hall–Kier alpha value is -1.94. The van der Waals surface area contributed by atoms with Crippen molar-refractivity contribution in [3.8, 4) is 5.75 Å². The van der Waals surface area contributed by atoms with E-state index in [-0.39, 0.29) is 22.4 Å². The Bertz CT molecular complexity index is 1150. The molecular weight excluding hydrogens is 460 g/mol. The molecule has 1 saturated carbocycles. The molecule has 9 heteroatoms. The molecule has 2 aromatic carbocycles. The number of ether oxygens (including phenoxy) is 1. The lowest BCUT2D eigenvalue weighted by Crippen LogP contribution is -2.39. The van der Waals surface area contributed by atoms with Crippen LogP contribution in [-0.2, 0) is 26.6 Å². The fourth-order valence-corrected chi connectivity index (χ4v) is 7.54. The van der Waals surface area contributed by atoms with Crippen molar-refractivity contribution in [3.05, 3.63) is 54.1 Å². The minimum atomic E-state index is -3.81. The Morgan fingerprint density at radius 1 is 0.909 bits per heavy atom. The molecule has 0 spiro atoms. The Kier molecular flexibility index (Phi) is 7.14. The first kappa shape index (κ1) is 24.2.